The largest absolute Gasteiger partial charge is 0.488 e. The molecule has 3 aromatic rings. The number of aromatic nitrogens is 4. The zero-order valence-corrected chi connectivity index (χ0v) is 18.9. The molecule has 0 saturated heterocycles. The molecule has 0 atom stereocenters. The van der Waals surface area contributed by atoms with Crippen LogP contribution in [0.15, 0.2) is 36.8 Å². The van der Waals surface area contributed by atoms with Gasteiger partial charge in [-0.1, -0.05) is 0 Å². The smallest absolute Gasteiger partial charge is 0.354 e. The maximum atomic E-state index is 11.0. The fourth-order valence-corrected chi connectivity index (χ4v) is 3.59. The van der Waals surface area contributed by atoms with Crippen LogP contribution in [0.5, 0.6) is 5.75 Å². The number of nitrogens with one attached hydrogen (secondary N) is 1. The van der Waals surface area contributed by atoms with Crippen molar-refractivity contribution in [2.24, 2.45) is 0 Å². The summed E-state index contributed by atoms with van der Waals surface area (Å²) in [6.45, 7) is 5.67. The maximum Gasteiger partial charge on any atom is 0.354 e. The Hall–Kier alpha value is -3.53. The summed E-state index contributed by atoms with van der Waals surface area (Å²) in [6, 6.07) is 5.10. The van der Waals surface area contributed by atoms with Gasteiger partial charge in [-0.2, -0.15) is 0 Å². The van der Waals surface area contributed by atoms with E-state index in [4.69, 9.17) is 20.3 Å². The van der Waals surface area contributed by atoms with E-state index >= 15 is 0 Å². The minimum atomic E-state index is -1.07. The number of nitrogen functional groups attached to an aromatic ring is 1. The Labute approximate surface area is 192 Å². The minimum absolute atomic E-state index is 0.0239. The number of carboxylic acids is 1. The van der Waals surface area contributed by atoms with Crippen molar-refractivity contribution in [3.63, 3.8) is 0 Å². The summed E-state index contributed by atoms with van der Waals surface area (Å²) in [5, 5.41) is 12.2. The molecule has 4 rings (SSSR count). The summed E-state index contributed by atoms with van der Waals surface area (Å²) in [7, 11) is 0. The lowest BCUT2D eigenvalue weighted by atomic mass is 9.93. The average Bonchev–Trinajstić information content (AvgIpc) is 2.81. The van der Waals surface area contributed by atoms with Crippen molar-refractivity contribution in [1.82, 2.24) is 19.9 Å². The Morgan fingerprint density at radius 1 is 1.09 bits per heavy atom. The summed E-state index contributed by atoms with van der Waals surface area (Å²) in [5.41, 5.74) is 7.94. The van der Waals surface area contributed by atoms with Gasteiger partial charge in [0.05, 0.1) is 11.6 Å². The van der Waals surface area contributed by atoms with Gasteiger partial charge in [0, 0.05) is 49.6 Å². The van der Waals surface area contributed by atoms with Crippen molar-refractivity contribution < 1.29 is 19.4 Å². The van der Waals surface area contributed by atoms with E-state index < -0.39 is 5.97 Å². The van der Waals surface area contributed by atoms with Crippen LogP contribution < -0.4 is 15.8 Å². The van der Waals surface area contributed by atoms with E-state index in [2.05, 4.69) is 25.3 Å². The predicted octanol–water partition coefficient (Wildman–Crippen LogP) is 3.55. The second-order valence-corrected chi connectivity index (χ2v) is 7.53. The van der Waals surface area contributed by atoms with Crippen molar-refractivity contribution in [2.75, 3.05) is 24.3 Å². The number of hydrogen-bond acceptors (Lipinski definition) is 9. The molecule has 0 unspecified atom stereocenters. The van der Waals surface area contributed by atoms with Crippen LogP contribution in [0.3, 0.4) is 0 Å². The number of carboxylic acid groups (broad SMARTS) is 1. The number of nitrogens with two attached hydrogens (primary N) is 1. The van der Waals surface area contributed by atoms with Crippen LogP contribution in [0.25, 0.3) is 11.0 Å². The van der Waals surface area contributed by atoms with Gasteiger partial charge >= 0.3 is 5.97 Å². The van der Waals surface area contributed by atoms with Crippen LogP contribution in [0.1, 0.15) is 50.0 Å². The summed E-state index contributed by atoms with van der Waals surface area (Å²) >= 11 is 0. The van der Waals surface area contributed by atoms with Crippen LogP contribution >= 0.6 is 0 Å². The zero-order valence-electron chi connectivity index (χ0n) is 18.9. The highest BCUT2D eigenvalue weighted by Gasteiger charge is 2.24. The second kappa shape index (κ2) is 11.9. The van der Waals surface area contributed by atoms with Crippen LogP contribution in [0.4, 0.5) is 11.6 Å². The number of anilines is 2. The van der Waals surface area contributed by atoms with Gasteiger partial charge in [0.2, 0.25) is 5.95 Å². The summed E-state index contributed by atoms with van der Waals surface area (Å²) < 4.78 is 11.0. The Morgan fingerprint density at radius 2 is 1.82 bits per heavy atom. The van der Waals surface area contributed by atoms with Crippen molar-refractivity contribution in [2.45, 2.75) is 51.7 Å². The molecule has 0 spiro atoms. The highest BCUT2D eigenvalue weighted by Crippen LogP contribution is 2.30. The first kappa shape index (κ1) is 24.1. The highest BCUT2D eigenvalue weighted by atomic mass is 16.5. The number of benzene rings is 1. The zero-order chi connectivity index (χ0) is 23.6. The van der Waals surface area contributed by atoms with Crippen LogP contribution in [0, 0.1) is 0 Å². The number of nitrogens with zero attached hydrogens (tertiary/aromatic N) is 4. The molecule has 0 aliphatic heterocycles. The molecule has 1 aliphatic rings. The lowest BCUT2D eigenvalue weighted by molar-refractivity contribution is 0.0690. The lowest BCUT2D eigenvalue weighted by Gasteiger charge is -2.29. The van der Waals surface area contributed by atoms with E-state index in [9.17, 15) is 4.79 Å². The maximum absolute atomic E-state index is 11.0. The summed E-state index contributed by atoms with van der Waals surface area (Å²) in [6.07, 6.45) is 8.16. The number of aromatic carboxylic acids is 1. The molecule has 1 saturated carbocycles. The topological polar surface area (TPSA) is 145 Å². The molecule has 10 nitrogen and oxygen atoms in total. The minimum Gasteiger partial charge on any atom is -0.488 e. The SMILES string of the molecule is CCOCC.Nc1cc(OC2CCC(Nc3nccc(C(=O)O)n3)CC2)c2nccnc2c1. The Balaban J connectivity index is 0.000000555. The number of ether oxygens (including phenoxy) is 2. The van der Waals surface area contributed by atoms with Gasteiger partial charge in [0.15, 0.2) is 5.69 Å². The summed E-state index contributed by atoms with van der Waals surface area (Å²) in [4.78, 5) is 27.8. The van der Waals surface area contributed by atoms with E-state index in [0.717, 1.165) is 38.9 Å². The van der Waals surface area contributed by atoms with Gasteiger partial charge in [-0.05, 0) is 51.7 Å². The average molecular weight is 455 g/mol. The van der Waals surface area contributed by atoms with Crippen molar-refractivity contribution in [3.8, 4) is 5.75 Å². The van der Waals surface area contributed by atoms with E-state index in [-0.39, 0.29) is 17.8 Å². The van der Waals surface area contributed by atoms with E-state index in [1.807, 2.05) is 13.8 Å². The normalized spacial score (nSPS) is 17.6. The quantitative estimate of drug-likeness (QED) is 0.453. The van der Waals surface area contributed by atoms with Crippen LogP contribution in [-0.4, -0.2) is 56.4 Å². The molecular formula is C23H30N6O4. The molecule has 1 fully saturated rings. The summed E-state index contributed by atoms with van der Waals surface area (Å²) in [5.74, 6) is -0.0848. The molecule has 10 heteroatoms. The Kier molecular flexibility index (Phi) is 8.71. The third-order valence-corrected chi connectivity index (χ3v) is 5.15. The van der Waals surface area contributed by atoms with Crippen molar-refractivity contribution in [3.05, 3.63) is 42.5 Å². The van der Waals surface area contributed by atoms with Gasteiger partial charge in [-0.25, -0.2) is 19.7 Å². The molecule has 33 heavy (non-hydrogen) atoms. The standard InChI is InChI=1S/C19H20N6O3.C4H10O/c20-11-9-15-17(22-8-7-21-15)16(10-11)28-13-3-1-12(2-4-13)24-19-23-6-5-14(25-19)18(26)27;1-3-5-4-2/h5-10,12-13H,1-4,20H2,(H,26,27)(H,23,24,25);3-4H2,1-2H3. The molecule has 1 aromatic carbocycles. The third-order valence-electron chi connectivity index (χ3n) is 5.15. The molecule has 0 amide bonds. The van der Waals surface area contributed by atoms with Gasteiger partial charge in [0.25, 0.3) is 0 Å². The number of rotatable bonds is 7. The molecule has 2 heterocycles. The van der Waals surface area contributed by atoms with Gasteiger partial charge < -0.3 is 25.6 Å². The van der Waals surface area contributed by atoms with Crippen LogP contribution in [0.2, 0.25) is 0 Å². The number of carbonyl (C=O) groups is 1. The highest BCUT2D eigenvalue weighted by molar-refractivity contribution is 5.85. The van der Waals surface area contributed by atoms with Gasteiger partial charge in [-0.3, -0.25) is 4.98 Å². The van der Waals surface area contributed by atoms with Crippen molar-refractivity contribution in [1.29, 1.82) is 0 Å². The van der Waals surface area contributed by atoms with E-state index in [0.29, 0.717) is 28.4 Å². The lowest BCUT2D eigenvalue weighted by Crippen LogP contribution is -2.32. The first-order chi connectivity index (χ1) is 16.0. The first-order valence-electron chi connectivity index (χ1n) is 11.1. The fraction of sp³-hybridized carbons (Fsp3) is 0.435. The third kappa shape index (κ3) is 6.98. The Bertz CT molecular complexity index is 1050. The van der Waals surface area contributed by atoms with Crippen LogP contribution in [-0.2, 0) is 4.74 Å². The molecule has 1 aliphatic carbocycles. The van der Waals surface area contributed by atoms with Crippen molar-refractivity contribution >= 4 is 28.6 Å². The molecule has 4 N–H and O–H groups in total. The molecular weight excluding hydrogens is 424 g/mol. The van der Waals surface area contributed by atoms with E-state index in [1.165, 1.54) is 12.3 Å². The monoisotopic (exact) mass is 454 g/mol. The fourth-order valence-electron chi connectivity index (χ4n) is 3.59. The van der Waals surface area contributed by atoms with Gasteiger partial charge in [0.1, 0.15) is 11.3 Å². The molecule has 2 aromatic heterocycles. The second-order valence-electron chi connectivity index (χ2n) is 7.53. The van der Waals surface area contributed by atoms with Gasteiger partial charge in [-0.15, -0.1) is 0 Å². The molecule has 0 bridgehead atoms. The number of fused-ring (bicyclic) bond motifs is 1. The Morgan fingerprint density at radius 3 is 2.48 bits per heavy atom. The first-order valence-corrected chi connectivity index (χ1v) is 11.1. The molecule has 176 valence electrons. The van der Waals surface area contributed by atoms with E-state index in [1.54, 1.807) is 24.5 Å². The number of hydrogen-bond donors (Lipinski definition) is 3. The molecule has 0 radical (unpaired) electrons. The predicted molar refractivity (Wildman–Crippen MR) is 125 cm³/mol.